The SMILES string of the molecule is Cc1c(C(=O)CCC(F)(F)F)ccc2nn(CC3CCNCC3)cc12.Cl. The van der Waals surface area contributed by atoms with Crippen LogP contribution in [0.15, 0.2) is 18.3 Å². The average molecular weight is 390 g/mol. The second-order valence-electron chi connectivity index (χ2n) is 6.75. The summed E-state index contributed by atoms with van der Waals surface area (Å²) in [5, 5.41) is 8.73. The van der Waals surface area contributed by atoms with Crippen molar-refractivity contribution in [2.75, 3.05) is 13.1 Å². The monoisotopic (exact) mass is 389 g/mol. The Morgan fingerprint density at radius 1 is 1.31 bits per heavy atom. The molecule has 0 atom stereocenters. The number of Topliss-reactive ketones (excluding diaryl/α,β-unsaturated/α-hetero) is 1. The second kappa shape index (κ2) is 8.39. The summed E-state index contributed by atoms with van der Waals surface area (Å²) in [4.78, 5) is 12.1. The summed E-state index contributed by atoms with van der Waals surface area (Å²) < 4.78 is 38.9. The van der Waals surface area contributed by atoms with Gasteiger partial charge in [0, 0.05) is 30.1 Å². The number of nitrogens with zero attached hydrogens (tertiary/aromatic N) is 2. The average Bonchev–Trinajstić information content (AvgIpc) is 2.97. The molecule has 144 valence electrons. The molecule has 1 fully saturated rings. The maximum absolute atomic E-state index is 12.3. The lowest BCUT2D eigenvalue weighted by Gasteiger charge is -2.22. The van der Waals surface area contributed by atoms with Gasteiger partial charge in [-0.3, -0.25) is 9.48 Å². The second-order valence-corrected chi connectivity index (χ2v) is 6.75. The summed E-state index contributed by atoms with van der Waals surface area (Å²) in [5.74, 6) is 0.103. The molecule has 2 aromatic rings. The molecule has 8 heteroatoms. The molecule has 0 spiro atoms. The fourth-order valence-electron chi connectivity index (χ4n) is 3.40. The van der Waals surface area contributed by atoms with Crippen molar-refractivity contribution in [2.45, 2.75) is 45.3 Å². The highest BCUT2D eigenvalue weighted by Crippen LogP contribution is 2.26. The lowest BCUT2D eigenvalue weighted by molar-refractivity contribution is -0.133. The van der Waals surface area contributed by atoms with E-state index in [1.165, 1.54) is 0 Å². The molecule has 0 unspecified atom stereocenters. The summed E-state index contributed by atoms with van der Waals surface area (Å²) in [5.41, 5.74) is 1.85. The van der Waals surface area contributed by atoms with Gasteiger partial charge in [-0.25, -0.2) is 0 Å². The van der Waals surface area contributed by atoms with Crippen molar-refractivity contribution in [3.05, 3.63) is 29.5 Å². The molecule has 2 heterocycles. The van der Waals surface area contributed by atoms with E-state index in [1.54, 1.807) is 19.1 Å². The van der Waals surface area contributed by atoms with Crippen LogP contribution in [0.2, 0.25) is 0 Å². The first-order valence-corrected chi connectivity index (χ1v) is 8.61. The van der Waals surface area contributed by atoms with E-state index in [1.807, 2.05) is 10.9 Å². The minimum Gasteiger partial charge on any atom is -0.317 e. The van der Waals surface area contributed by atoms with Crippen LogP contribution in [0.25, 0.3) is 10.9 Å². The molecule has 3 rings (SSSR count). The smallest absolute Gasteiger partial charge is 0.317 e. The van der Waals surface area contributed by atoms with Gasteiger partial charge in [-0.2, -0.15) is 18.3 Å². The van der Waals surface area contributed by atoms with E-state index in [4.69, 9.17) is 0 Å². The topological polar surface area (TPSA) is 46.9 Å². The number of benzene rings is 1. The molecule has 1 aliphatic rings. The van der Waals surface area contributed by atoms with E-state index < -0.39 is 24.8 Å². The summed E-state index contributed by atoms with van der Waals surface area (Å²) in [6.45, 7) is 4.64. The van der Waals surface area contributed by atoms with Gasteiger partial charge in [0.05, 0.1) is 11.9 Å². The Labute approximate surface area is 156 Å². The number of hydrogen-bond donors (Lipinski definition) is 1. The van der Waals surface area contributed by atoms with E-state index in [2.05, 4.69) is 10.4 Å². The van der Waals surface area contributed by atoms with E-state index in [-0.39, 0.29) is 12.4 Å². The number of aromatic nitrogens is 2. The Hall–Kier alpha value is -1.60. The number of nitrogens with one attached hydrogen (secondary N) is 1. The minimum absolute atomic E-state index is 0. The normalized spacial score (nSPS) is 15.8. The first-order valence-electron chi connectivity index (χ1n) is 8.61. The zero-order valence-corrected chi connectivity index (χ0v) is 15.4. The van der Waals surface area contributed by atoms with Crippen molar-refractivity contribution >= 4 is 29.1 Å². The Balaban J connectivity index is 0.00000243. The lowest BCUT2D eigenvalue weighted by Crippen LogP contribution is -2.29. The predicted molar refractivity (Wildman–Crippen MR) is 96.9 cm³/mol. The van der Waals surface area contributed by atoms with E-state index in [0.717, 1.165) is 43.4 Å². The highest BCUT2D eigenvalue weighted by atomic mass is 35.5. The molecular formula is C18H23ClF3N3O. The van der Waals surface area contributed by atoms with Crippen molar-refractivity contribution in [3.8, 4) is 0 Å². The molecule has 1 saturated heterocycles. The number of carbonyl (C=O) groups excluding carboxylic acids is 1. The van der Waals surface area contributed by atoms with Gasteiger partial charge in [-0.05, 0) is 56.5 Å². The highest BCUT2D eigenvalue weighted by molar-refractivity contribution is 6.01. The minimum atomic E-state index is -4.31. The summed E-state index contributed by atoms with van der Waals surface area (Å²) >= 11 is 0. The van der Waals surface area contributed by atoms with Crippen LogP contribution in [-0.2, 0) is 6.54 Å². The number of hydrogen-bond acceptors (Lipinski definition) is 3. The zero-order chi connectivity index (χ0) is 18.0. The Bertz CT molecular complexity index is 767. The maximum Gasteiger partial charge on any atom is 0.389 e. The van der Waals surface area contributed by atoms with Crippen molar-refractivity contribution in [1.29, 1.82) is 0 Å². The van der Waals surface area contributed by atoms with Gasteiger partial charge < -0.3 is 5.32 Å². The summed E-state index contributed by atoms with van der Waals surface area (Å²) in [7, 11) is 0. The molecule has 0 bridgehead atoms. The Morgan fingerprint density at radius 2 is 2.00 bits per heavy atom. The number of aryl methyl sites for hydroxylation is 1. The fraction of sp³-hybridized carbons (Fsp3) is 0.556. The number of halogens is 4. The molecule has 1 N–H and O–H groups in total. The molecular weight excluding hydrogens is 367 g/mol. The highest BCUT2D eigenvalue weighted by Gasteiger charge is 2.28. The number of rotatable bonds is 5. The van der Waals surface area contributed by atoms with Crippen LogP contribution in [0, 0.1) is 12.8 Å². The van der Waals surface area contributed by atoms with Crippen LogP contribution in [-0.4, -0.2) is 34.8 Å². The third-order valence-electron chi connectivity index (χ3n) is 4.85. The standard InChI is InChI=1S/C18H22F3N3O.ClH/c1-12-14(17(25)4-7-18(19,20)21)2-3-16-15(12)11-24(23-16)10-13-5-8-22-9-6-13;/h2-3,11,13,22H,4-10H2,1H3;1H. The van der Waals surface area contributed by atoms with E-state index in [0.29, 0.717) is 17.0 Å². The van der Waals surface area contributed by atoms with Gasteiger partial charge in [0.2, 0.25) is 0 Å². The maximum atomic E-state index is 12.3. The Morgan fingerprint density at radius 3 is 2.65 bits per heavy atom. The van der Waals surface area contributed by atoms with Crippen molar-refractivity contribution in [1.82, 2.24) is 15.1 Å². The van der Waals surface area contributed by atoms with Gasteiger partial charge in [-0.1, -0.05) is 0 Å². The quantitative estimate of drug-likeness (QED) is 0.776. The van der Waals surface area contributed by atoms with Crippen LogP contribution in [0.4, 0.5) is 13.2 Å². The van der Waals surface area contributed by atoms with Gasteiger partial charge in [0.25, 0.3) is 0 Å². The lowest BCUT2D eigenvalue weighted by atomic mass is 9.98. The van der Waals surface area contributed by atoms with Gasteiger partial charge in [-0.15, -0.1) is 12.4 Å². The number of piperidine rings is 1. The van der Waals surface area contributed by atoms with Gasteiger partial charge in [0.15, 0.2) is 5.78 Å². The van der Waals surface area contributed by atoms with Gasteiger partial charge in [0.1, 0.15) is 0 Å². The molecule has 0 radical (unpaired) electrons. The van der Waals surface area contributed by atoms with E-state index >= 15 is 0 Å². The first-order chi connectivity index (χ1) is 11.8. The summed E-state index contributed by atoms with van der Waals surface area (Å²) in [6.07, 6.45) is -1.79. The van der Waals surface area contributed by atoms with Crippen molar-refractivity contribution in [2.24, 2.45) is 5.92 Å². The number of fused-ring (bicyclic) bond motifs is 1. The largest absolute Gasteiger partial charge is 0.389 e. The molecule has 0 amide bonds. The molecule has 1 aromatic carbocycles. The number of ketones is 1. The van der Waals surface area contributed by atoms with Crippen LogP contribution in [0.3, 0.4) is 0 Å². The molecule has 0 saturated carbocycles. The predicted octanol–water partition coefficient (Wildman–Crippen LogP) is 4.29. The summed E-state index contributed by atoms with van der Waals surface area (Å²) in [6, 6.07) is 3.32. The fourth-order valence-corrected chi connectivity index (χ4v) is 3.40. The molecule has 4 nitrogen and oxygen atoms in total. The zero-order valence-electron chi connectivity index (χ0n) is 14.6. The molecule has 1 aromatic heterocycles. The van der Waals surface area contributed by atoms with Crippen LogP contribution >= 0.6 is 12.4 Å². The third-order valence-corrected chi connectivity index (χ3v) is 4.85. The van der Waals surface area contributed by atoms with Crippen LogP contribution in [0.1, 0.15) is 41.6 Å². The van der Waals surface area contributed by atoms with Crippen LogP contribution in [0.5, 0.6) is 0 Å². The van der Waals surface area contributed by atoms with Gasteiger partial charge >= 0.3 is 6.18 Å². The van der Waals surface area contributed by atoms with Crippen molar-refractivity contribution < 1.29 is 18.0 Å². The first kappa shape index (κ1) is 20.7. The van der Waals surface area contributed by atoms with Crippen LogP contribution < -0.4 is 5.32 Å². The van der Waals surface area contributed by atoms with Crippen molar-refractivity contribution in [3.63, 3.8) is 0 Å². The number of carbonyl (C=O) groups is 1. The molecule has 1 aliphatic heterocycles. The number of alkyl halides is 3. The molecule has 0 aliphatic carbocycles. The Kier molecular flexibility index (Phi) is 6.69. The molecule has 26 heavy (non-hydrogen) atoms. The van der Waals surface area contributed by atoms with E-state index in [9.17, 15) is 18.0 Å². The third kappa shape index (κ3) is 4.98.